The molecule has 1 rings (SSSR count). The van der Waals surface area contributed by atoms with Crippen LogP contribution in [0, 0.1) is 0 Å². The predicted octanol–water partition coefficient (Wildman–Crippen LogP) is 1.46. The maximum Gasteiger partial charge on any atom is 0.451 e. The number of rotatable bonds is 3. The van der Waals surface area contributed by atoms with E-state index in [9.17, 15) is 0 Å². The molecule has 4 heteroatoms. The van der Waals surface area contributed by atoms with Gasteiger partial charge in [0.2, 0.25) is 0 Å². The first-order valence-corrected chi connectivity index (χ1v) is 4.59. The van der Waals surface area contributed by atoms with Crippen LogP contribution in [0.1, 0.15) is 5.56 Å². The van der Waals surface area contributed by atoms with Crippen LogP contribution in [0.15, 0.2) is 28.7 Å². The summed E-state index contributed by atoms with van der Waals surface area (Å²) in [6, 6.07) is 7.78. The highest BCUT2D eigenvalue weighted by Crippen LogP contribution is 2.17. The summed E-state index contributed by atoms with van der Waals surface area (Å²) >= 11 is 3.38. The van der Waals surface area contributed by atoms with Crippen molar-refractivity contribution in [2.75, 3.05) is 0 Å². The van der Waals surface area contributed by atoms with Crippen LogP contribution in [0.2, 0.25) is 6.32 Å². The van der Waals surface area contributed by atoms with Gasteiger partial charge in [0.15, 0.2) is 0 Å². The lowest BCUT2D eigenvalue weighted by Gasteiger charge is -2.02. The van der Waals surface area contributed by atoms with Gasteiger partial charge in [-0.15, -0.1) is 0 Å². The predicted molar refractivity (Wildman–Crippen MR) is 52.8 cm³/mol. The Morgan fingerprint density at radius 1 is 1.25 bits per heavy atom. The van der Waals surface area contributed by atoms with Gasteiger partial charge in [0.1, 0.15) is 0 Å². The number of benzene rings is 1. The second-order valence-corrected chi connectivity index (χ2v) is 3.47. The van der Waals surface area contributed by atoms with Crippen LogP contribution in [0.3, 0.4) is 0 Å². The third-order valence-corrected chi connectivity index (χ3v) is 2.40. The van der Waals surface area contributed by atoms with E-state index in [0.717, 1.165) is 10.0 Å². The lowest BCUT2D eigenvalue weighted by molar-refractivity contribution is 0.405. The average Bonchev–Trinajstić information content (AvgIpc) is 2.03. The fraction of sp³-hybridized carbons (Fsp3) is 0.250. The van der Waals surface area contributed by atoms with E-state index in [-0.39, 0.29) is 0 Å². The van der Waals surface area contributed by atoms with E-state index in [2.05, 4.69) is 15.9 Å². The Bertz CT molecular complexity index is 253. The van der Waals surface area contributed by atoms with Crippen LogP contribution in [0.25, 0.3) is 0 Å². The van der Waals surface area contributed by atoms with Crippen LogP contribution in [-0.2, 0) is 6.42 Å². The zero-order valence-corrected chi connectivity index (χ0v) is 8.16. The summed E-state index contributed by atoms with van der Waals surface area (Å²) in [5.74, 6) is 0. The molecule has 0 saturated heterocycles. The number of hydrogen-bond donors (Lipinski definition) is 2. The van der Waals surface area contributed by atoms with Gasteiger partial charge in [0, 0.05) is 4.47 Å². The van der Waals surface area contributed by atoms with Crippen LogP contribution in [0.5, 0.6) is 0 Å². The summed E-state index contributed by atoms with van der Waals surface area (Å²) in [7, 11) is -1.21. The smallest absolute Gasteiger partial charge is 0.427 e. The highest BCUT2D eigenvalue weighted by atomic mass is 79.9. The second kappa shape index (κ2) is 4.65. The lowest BCUT2D eigenvalue weighted by atomic mass is 9.83. The zero-order valence-electron chi connectivity index (χ0n) is 6.57. The standard InChI is InChI=1S/C8H10BBrO2/c10-8-4-2-1-3-7(8)5-6-9(11)12/h1-4,11-12H,5-6H2. The molecule has 0 atom stereocenters. The molecule has 2 nitrogen and oxygen atoms in total. The summed E-state index contributed by atoms with van der Waals surface area (Å²) < 4.78 is 1.02. The van der Waals surface area contributed by atoms with E-state index in [4.69, 9.17) is 10.0 Å². The van der Waals surface area contributed by atoms with E-state index < -0.39 is 7.12 Å². The largest absolute Gasteiger partial charge is 0.451 e. The molecule has 0 spiro atoms. The minimum atomic E-state index is -1.21. The molecule has 1 aromatic rings. The first-order valence-electron chi connectivity index (χ1n) is 3.79. The molecule has 0 amide bonds. The van der Waals surface area contributed by atoms with Crippen molar-refractivity contribution < 1.29 is 10.0 Å². The quantitative estimate of drug-likeness (QED) is 0.770. The molecule has 64 valence electrons. The van der Waals surface area contributed by atoms with Gasteiger partial charge in [-0.3, -0.25) is 0 Å². The summed E-state index contributed by atoms with van der Waals surface area (Å²) in [4.78, 5) is 0. The molecule has 0 bridgehead atoms. The topological polar surface area (TPSA) is 40.5 Å². The van der Waals surface area contributed by atoms with E-state index in [1.165, 1.54) is 0 Å². The Morgan fingerprint density at radius 3 is 2.50 bits per heavy atom. The van der Waals surface area contributed by atoms with Crippen LogP contribution >= 0.6 is 15.9 Å². The number of hydrogen-bond acceptors (Lipinski definition) is 2. The molecule has 1 aromatic carbocycles. The van der Waals surface area contributed by atoms with Crippen molar-refractivity contribution >= 4 is 23.0 Å². The Kier molecular flexibility index (Phi) is 3.78. The Hall–Kier alpha value is -0.315. The Morgan fingerprint density at radius 2 is 1.92 bits per heavy atom. The van der Waals surface area contributed by atoms with E-state index in [1.54, 1.807) is 0 Å². The SMILES string of the molecule is OB(O)CCc1ccccc1Br. The van der Waals surface area contributed by atoms with Crippen molar-refractivity contribution in [3.05, 3.63) is 34.3 Å². The van der Waals surface area contributed by atoms with Crippen molar-refractivity contribution in [2.24, 2.45) is 0 Å². The molecule has 0 aliphatic carbocycles. The third-order valence-electron chi connectivity index (χ3n) is 1.63. The molecule has 0 saturated carbocycles. The fourth-order valence-corrected chi connectivity index (χ4v) is 1.47. The molecule has 12 heavy (non-hydrogen) atoms. The van der Waals surface area contributed by atoms with Crippen molar-refractivity contribution in [3.8, 4) is 0 Å². The van der Waals surface area contributed by atoms with Crippen LogP contribution in [-0.4, -0.2) is 17.2 Å². The second-order valence-electron chi connectivity index (χ2n) is 2.61. The Balaban J connectivity index is 2.57. The molecule has 0 aromatic heterocycles. The van der Waals surface area contributed by atoms with E-state index in [1.807, 2.05) is 24.3 Å². The molecule has 0 radical (unpaired) electrons. The van der Waals surface area contributed by atoms with Crippen molar-refractivity contribution in [3.63, 3.8) is 0 Å². The van der Waals surface area contributed by atoms with Gasteiger partial charge in [0.05, 0.1) is 0 Å². The maximum absolute atomic E-state index is 8.64. The van der Waals surface area contributed by atoms with Gasteiger partial charge in [0.25, 0.3) is 0 Å². The van der Waals surface area contributed by atoms with Gasteiger partial charge in [-0.1, -0.05) is 34.1 Å². The third kappa shape index (κ3) is 2.97. The van der Waals surface area contributed by atoms with Crippen molar-refractivity contribution in [1.29, 1.82) is 0 Å². The van der Waals surface area contributed by atoms with Gasteiger partial charge < -0.3 is 10.0 Å². The summed E-state index contributed by atoms with van der Waals surface area (Å²) in [5.41, 5.74) is 1.10. The molecule has 0 unspecified atom stereocenters. The Labute approximate surface area is 80.5 Å². The summed E-state index contributed by atoms with van der Waals surface area (Å²) in [6.07, 6.45) is 1.06. The first kappa shape index (κ1) is 9.77. The van der Waals surface area contributed by atoms with Crippen molar-refractivity contribution in [2.45, 2.75) is 12.7 Å². The fourth-order valence-electron chi connectivity index (χ4n) is 0.986. The molecular formula is C8H10BBrO2. The average molecular weight is 229 g/mol. The lowest BCUT2D eigenvalue weighted by Crippen LogP contribution is -2.11. The van der Waals surface area contributed by atoms with Gasteiger partial charge in [-0.2, -0.15) is 0 Å². The summed E-state index contributed by atoms with van der Waals surface area (Å²) in [6.45, 7) is 0. The molecule has 0 heterocycles. The van der Waals surface area contributed by atoms with E-state index in [0.29, 0.717) is 12.7 Å². The number of aryl methyl sites for hydroxylation is 1. The monoisotopic (exact) mass is 228 g/mol. The summed E-state index contributed by atoms with van der Waals surface area (Å²) in [5, 5.41) is 17.3. The number of halogens is 1. The van der Waals surface area contributed by atoms with Gasteiger partial charge >= 0.3 is 7.12 Å². The van der Waals surface area contributed by atoms with Crippen LogP contribution < -0.4 is 0 Å². The molecule has 0 aliphatic rings. The van der Waals surface area contributed by atoms with Gasteiger partial charge in [-0.05, 0) is 24.4 Å². The van der Waals surface area contributed by atoms with E-state index >= 15 is 0 Å². The first-order chi connectivity index (χ1) is 5.70. The molecule has 0 fully saturated rings. The van der Waals surface area contributed by atoms with Gasteiger partial charge in [-0.25, -0.2) is 0 Å². The zero-order chi connectivity index (χ0) is 8.97. The minimum Gasteiger partial charge on any atom is -0.427 e. The van der Waals surface area contributed by atoms with Crippen molar-refractivity contribution in [1.82, 2.24) is 0 Å². The maximum atomic E-state index is 8.64. The molecular weight excluding hydrogens is 219 g/mol. The molecule has 0 aliphatic heterocycles. The highest BCUT2D eigenvalue weighted by Gasteiger charge is 2.07. The highest BCUT2D eigenvalue weighted by molar-refractivity contribution is 9.10. The minimum absolute atomic E-state index is 0.378. The normalized spacial score (nSPS) is 9.92. The molecule has 2 N–H and O–H groups in total. The van der Waals surface area contributed by atoms with Crippen LogP contribution in [0.4, 0.5) is 0 Å².